The highest BCUT2D eigenvalue weighted by molar-refractivity contribution is 6.15. The van der Waals surface area contributed by atoms with Gasteiger partial charge in [-0.15, -0.1) is 0 Å². The van der Waals surface area contributed by atoms with Crippen molar-refractivity contribution in [3.8, 4) is 22.6 Å². The molecular formula is C34H22N4. The van der Waals surface area contributed by atoms with Crippen molar-refractivity contribution in [3.05, 3.63) is 134 Å². The Morgan fingerprint density at radius 3 is 1.76 bits per heavy atom. The van der Waals surface area contributed by atoms with Gasteiger partial charge in [0.1, 0.15) is 5.82 Å². The first-order chi connectivity index (χ1) is 18.9. The summed E-state index contributed by atoms with van der Waals surface area (Å²) in [5, 5.41) is 2.26. The van der Waals surface area contributed by atoms with Crippen LogP contribution in [0.15, 0.2) is 134 Å². The fourth-order valence-corrected chi connectivity index (χ4v) is 5.73. The molecule has 0 saturated carbocycles. The van der Waals surface area contributed by atoms with Crippen LogP contribution in [0.25, 0.3) is 66.5 Å². The Labute approximate surface area is 219 Å². The van der Waals surface area contributed by atoms with E-state index < -0.39 is 0 Å². The van der Waals surface area contributed by atoms with Gasteiger partial charge in [-0.1, -0.05) is 84.9 Å². The summed E-state index contributed by atoms with van der Waals surface area (Å²) < 4.78 is 4.59. The van der Waals surface area contributed by atoms with Crippen LogP contribution in [0.2, 0.25) is 0 Å². The lowest BCUT2D eigenvalue weighted by Gasteiger charge is -2.13. The number of hydrogen-bond donors (Lipinski definition) is 0. The average Bonchev–Trinajstić information content (AvgIpc) is 3.49. The van der Waals surface area contributed by atoms with Crippen LogP contribution in [-0.2, 0) is 0 Å². The van der Waals surface area contributed by atoms with Crippen LogP contribution in [0.1, 0.15) is 0 Å². The Balaban J connectivity index is 1.55. The van der Waals surface area contributed by atoms with E-state index in [1.165, 1.54) is 0 Å². The van der Waals surface area contributed by atoms with Crippen molar-refractivity contribution < 1.29 is 0 Å². The van der Waals surface area contributed by atoms with Crippen molar-refractivity contribution in [3.63, 3.8) is 0 Å². The fraction of sp³-hybridized carbons (Fsp3) is 0. The zero-order valence-electron chi connectivity index (χ0n) is 20.5. The SMILES string of the molecule is c1ccc(-c2cccnc2-n2c3ccccc3c3nc4c5ccccc5n(-c5ccccc5)c4cc32)cc1. The van der Waals surface area contributed by atoms with Gasteiger partial charge in [0.2, 0.25) is 0 Å². The molecule has 38 heavy (non-hydrogen) atoms. The molecule has 178 valence electrons. The molecule has 0 aliphatic rings. The zero-order chi connectivity index (χ0) is 25.1. The third-order valence-corrected chi connectivity index (χ3v) is 7.36. The van der Waals surface area contributed by atoms with Crippen molar-refractivity contribution in [2.45, 2.75) is 0 Å². The zero-order valence-corrected chi connectivity index (χ0v) is 20.5. The number of rotatable bonds is 3. The molecule has 0 saturated heterocycles. The molecule has 0 fully saturated rings. The minimum atomic E-state index is 0.897. The molecule has 0 bridgehead atoms. The predicted molar refractivity (Wildman–Crippen MR) is 156 cm³/mol. The number of benzene rings is 4. The molecule has 4 aromatic heterocycles. The minimum Gasteiger partial charge on any atom is -0.308 e. The summed E-state index contributed by atoms with van der Waals surface area (Å²) in [6, 6.07) is 44.4. The van der Waals surface area contributed by atoms with E-state index in [2.05, 4.69) is 124 Å². The third-order valence-electron chi connectivity index (χ3n) is 7.36. The molecule has 8 rings (SSSR count). The molecule has 0 atom stereocenters. The van der Waals surface area contributed by atoms with Crippen LogP contribution in [0, 0.1) is 0 Å². The van der Waals surface area contributed by atoms with E-state index in [1.54, 1.807) is 0 Å². The third kappa shape index (κ3) is 2.98. The van der Waals surface area contributed by atoms with E-state index >= 15 is 0 Å². The van der Waals surface area contributed by atoms with Gasteiger partial charge in [0.05, 0.1) is 33.1 Å². The monoisotopic (exact) mass is 486 g/mol. The first-order valence-corrected chi connectivity index (χ1v) is 12.8. The van der Waals surface area contributed by atoms with Gasteiger partial charge in [-0.2, -0.15) is 0 Å². The van der Waals surface area contributed by atoms with Crippen LogP contribution >= 0.6 is 0 Å². The number of pyridine rings is 2. The number of aromatic nitrogens is 4. The van der Waals surface area contributed by atoms with Gasteiger partial charge < -0.3 is 4.57 Å². The summed E-state index contributed by atoms with van der Waals surface area (Å²) in [5.74, 6) is 0.897. The summed E-state index contributed by atoms with van der Waals surface area (Å²) in [6.45, 7) is 0. The van der Waals surface area contributed by atoms with Gasteiger partial charge in [-0.3, -0.25) is 4.57 Å². The predicted octanol–water partition coefficient (Wildman–Crippen LogP) is 8.34. The molecule has 0 N–H and O–H groups in total. The van der Waals surface area contributed by atoms with Gasteiger partial charge >= 0.3 is 0 Å². The molecule has 8 aromatic rings. The molecule has 4 nitrogen and oxygen atoms in total. The summed E-state index contributed by atoms with van der Waals surface area (Å²) in [4.78, 5) is 10.3. The summed E-state index contributed by atoms with van der Waals surface area (Å²) in [5.41, 5.74) is 9.67. The summed E-state index contributed by atoms with van der Waals surface area (Å²) in [6.07, 6.45) is 1.87. The Kier molecular flexibility index (Phi) is 4.49. The van der Waals surface area contributed by atoms with Crippen molar-refractivity contribution in [2.75, 3.05) is 0 Å². The molecule has 0 radical (unpaired) electrons. The molecular weight excluding hydrogens is 464 g/mol. The van der Waals surface area contributed by atoms with Crippen molar-refractivity contribution in [2.24, 2.45) is 0 Å². The Bertz CT molecular complexity index is 2120. The lowest BCUT2D eigenvalue weighted by molar-refractivity contribution is 1.08. The summed E-state index contributed by atoms with van der Waals surface area (Å²) in [7, 11) is 0. The van der Waals surface area contributed by atoms with Gasteiger partial charge in [0.25, 0.3) is 0 Å². The standard InChI is InChI=1S/C34H22N4/c1-3-12-23(13-4-1)25-18-11-21-35-34(25)38-29-20-10-8-17-27(29)33-31(38)22-30-32(36-33)26-16-7-9-19-28(26)37(30)24-14-5-2-6-15-24/h1-22H. The van der Waals surface area contributed by atoms with Gasteiger partial charge in [0, 0.05) is 28.2 Å². The van der Waals surface area contributed by atoms with Gasteiger partial charge in [-0.05, 0) is 48.0 Å². The number of nitrogens with zero attached hydrogens (tertiary/aromatic N) is 4. The van der Waals surface area contributed by atoms with Crippen LogP contribution in [-0.4, -0.2) is 19.1 Å². The molecule has 0 aliphatic carbocycles. The van der Waals surface area contributed by atoms with Crippen molar-refractivity contribution >= 4 is 43.9 Å². The molecule has 4 heteroatoms. The van der Waals surface area contributed by atoms with E-state index in [-0.39, 0.29) is 0 Å². The van der Waals surface area contributed by atoms with E-state index in [1.807, 2.05) is 18.3 Å². The smallest absolute Gasteiger partial charge is 0.145 e. The summed E-state index contributed by atoms with van der Waals surface area (Å²) >= 11 is 0. The second-order valence-electron chi connectivity index (χ2n) is 9.51. The highest BCUT2D eigenvalue weighted by atomic mass is 15.1. The van der Waals surface area contributed by atoms with Crippen LogP contribution < -0.4 is 0 Å². The second-order valence-corrected chi connectivity index (χ2v) is 9.51. The molecule has 0 aliphatic heterocycles. The number of para-hydroxylation sites is 3. The van der Waals surface area contributed by atoms with Gasteiger partial charge in [0.15, 0.2) is 0 Å². The molecule has 0 spiro atoms. The van der Waals surface area contributed by atoms with E-state index in [4.69, 9.17) is 9.97 Å². The Morgan fingerprint density at radius 2 is 1.05 bits per heavy atom. The maximum absolute atomic E-state index is 5.36. The quantitative estimate of drug-likeness (QED) is 0.252. The lowest BCUT2D eigenvalue weighted by atomic mass is 10.1. The highest BCUT2D eigenvalue weighted by Gasteiger charge is 2.21. The van der Waals surface area contributed by atoms with Gasteiger partial charge in [-0.25, -0.2) is 9.97 Å². The fourth-order valence-electron chi connectivity index (χ4n) is 5.73. The van der Waals surface area contributed by atoms with E-state index in [9.17, 15) is 0 Å². The average molecular weight is 487 g/mol. The maximum atomic E-state index is 5.36. The maximum Gasteiger partial charge on any atom is 0.145 e. The highest BCUT2D eigenvalue weighted by Crippen LogP contribution is 2.38. The number of hydrogen-bond acceptors (Lipinski definition) is 2. The topological polar surface area (TPSA) is 35.6 Å². The van der Waals surface area contributed by atoms with E-state index in [0.29, 0.717) is 0 Å². The van der Waals surface area contributed by atoms with Crippen LogP contribution in [0.5, 0.6) is 0 Å². The number of fused-ring (bicyclic) bond motifs is 6. The van der Waals surface area contributed by atoms with Crippen molar-refractivity contribution in [1.29, 1.82) is 0 Å². The molecule has 0 amide bonds. The van der Waals surface area contributed by atoms with Crippen LogP contribution in [0.4, 0.5) is 0 Å². The normalized spacial score (nSPS) is 11.7. The van der Waals surface area contributed by atoms with E-state index in [0.717, 1.165) is 66.5 Å². The Hall–Kier alpha value is -5.22. The first-order valence-electron chi connectivity index (χ1n) is 12.8. The van der Waals surface area contributed by atoms with Crippen molar-refractivity contribution in [1.82, 2.24) is 19.1 Å². The van der Waals surface area contributed by atoms with Crippen LogP contribution in [0.3, 0.4) is 0 Å². The molecule has 0 unspecified atom stereocenters. The largest absolute Gasteiger partial charge is 0.308 e. The minimum absolute atomic E-state index is 0.897. The Morgan fingerprint density at radius 1 is 0.474 bits per heavy atom. The molecule has 4 aromatic carbocycles. The second kappa shape index (κ2) is 8.15. The lowest BCUT2D eigenvalue weighted by Crippen LogP contribution is -2.00. The molecule has 4 heterocycles. The first kappa shape index (κ1) is 20.9.